The predicted octanol–water partition coefficient (Wildman–Crippen LogP) is -4.68. The molecule has 0 bridgehead atoms. The predicted molar refractivity (Wildman–Crippen MR) is 35.3 cm³/mol. The Morgan fingerprint density at radius 1 is 1.36 bits per heavy atom. The molecule has 11 heavy (non-hydrogen) atoms. The third-order valence-electron chi connectivity index (χ3n) is 1.05. The van der Waals surface area contributed by atoms with E-state index in [1.54, 1.807) is 0 Å². The number of aliphatic hydroxyl groups excluding tert-OH is 1. The Hall–Kier alpha value is 0.734. The molecular weight excluding hydrogens is 219 g/mol. The summed E-state index contributed by atoms with van der Waals surface area (Å²) in [4.78, 5) is 0. The van der Waals surface area contributed by atoms with Crippen molar-refractivity contribution in [3.05, 3.63) is 31.2 Å². The maximum absolute atomic E-state index is 8.46. The monoisotopic (exact) mass is 229 g/mol. The second-order valence-electron chi connectivity index (χ2n) is 1.62. The maximum atomic E-state index is 8.46. The number of hydrogen-bond acceptors (Lipinski definition) is 1. The van der Waals surface area contributed by atoms with Gasteiger partial charge in [0.1, 0.15) is 0 Å². The van der Waals surface area contributed by atoms with Crippen molar-refractivity contribution in [2.45, 2.75) is 6.42 Å². The molecule has 0 atom stereocenters. The van der Waals surface area contributed by atoms with Crippen LogP contribution in [0.3, 0.4) is 0 Å². The van der Waals surface area contributed by atoms with E-state index in [9.17, 15) is 0 Å². The first-order valence-corrected chi connectivity index (χ1v) is 2.39. The van der Waals surface area contributed by atoms with Crippen LogP contribution < -0.4 is 24.8 Å². The van der Waals surface area contributed by atoms with Crippen LogP contribution in [0, 0.1) is 7.43 Å². The van der Waals surface area contributed by atoms with E-state index < -0.39 is 0 Å². The van der Waals surface area contributed by atoms with Gasteiger partial charge in [-0.1, -0.05) is 18.2 Å². The SMILES string of the molecule is OCC1=CC=CC1.[CH3-].[Cl-].[Cl-].[Ti+3]. The third kappa shape index (κ3) is 8.64. The molecule has 0 saturated carbocycles. The van der Waals surface area contributed by atoms with Gasteiger partial charge in [0.15, 0.2) is 0 Å². The molecule has 1 radical (unpaired) electrons. The number of hydrogen-bond donors (Lipinski definition) is 1. The van der Waals surface area contributed by atoms with Crippen LogP contribution >= 0.6 is 0 Å². The summed E-state index contributed by atoms with van der Waals surface area (Å²) in [6.07, 6.45) is 6.88. The quantitative estimate of drug-likeness (QED) is 0.354. The molecule has 0 heterocycles. The minimum Gasteiger partial charge on any atom is -1.00 e. The van der Waals surface area contributed by atoms with Gasteiger partial charge in [-0.3, -0.25) is 0 Å². The number of halogens is 2. The minimum atomic E-state index is 0. The van der Waals surface area contributed by atoms with Gasteiger partial charge in [-0.05, 0) is 12.0 Å². The molecule has 0 aromatic rings. The molecular formula is C7H11Cl2OTi. The molecule has 63 valence electrons. The Labute approximate surface area is 95.7 Å². The summed E-state index contributed by atoms with van der Waals surface area (Å²) in [6.45, 7) is 0.215. The van der Waals surface area contributed by atoms with Gasteiger partial charge < -0.3 is 37.3 Å². The van der Waals surface area contributed by atoms with Gasteiger partial charge in [0.2, 0.25) is 0 Å². The molecule has 1 N–H and O–H groups in total. The van der Waals surface area contributed by atoms with Crippen LogP contribution in [0.1, 0.15) is 6.42 Å². The fourth-order valence-corrected chi connectivity index (χ4v) is 0.609. The summed E-state index contributed by atoms with van der Waals surface area (Å²) in [6, 6.07) is 0. The van der Waals surface area contributed by atoms with E-state index in [1.165, 1.54) is 0 Å². The van der Waals surface area contributed by atoms with Crippen LogP contribution in [0.5, 0.6) is 0 Å². The Morgan fingerprint density at radius 2 is 1.91 bits per heavy atom. The zero-order valence-corrected chi connectivity index (χ0v) is 9.42. The van der Waals surface area contributed by atoms with Crippen LogP contribution in [0.2, 0.25) is 0 Å². The van der Waals surface area contributed by atoms with Crippen LogP contribution in [-0.2, 0) is 21.7 Å². The molecule has 0 aromatic carbocycles. The van der Waals surface area contributed by atoms with Crippen LogP contribution in [-0.4, -0.2) is 11.7 Å². The first-order chi connectivity index (χ1) is 3.43. The average molecular weight is 230 g/mol. The molecule has 0 aliphatic heterocycles. The summed E-state index contributed by atoms with van der Waals surface area (Å²) < 4.78 is 0. The minimum absolute atomic E-state index is 0. The summed E-state index contributed by atoms with van der Waals surface area (Å²) in [7, 11) is 0. The van der Waals surface area contributed by atoms with Gasteiger partial charge in [-0.15, -0.1) is 0 Å². The second-order valence-corrected chi connectivity index (χ2v) is 1.62. The smallest absolute Gasteiger partial charge is 1.00 e. The standard InChI is InChI=1S/C6H8O.CH3.2ClH.Ti/c7-5-6-3-1-2-4-6;;;;/h1-3,7H,4-5H2;1H3;2*1H;/q;-1;;;+3/p-2. The summed E-state index contributed by atoms with van der Waals surface area (Å²) in [5.41, 5.74) is 1.11. The Kier molecular flexibility index (Phi) is 27.4. The van der Waals surface area contributed by atoms with E-state index in [-0.39, 0.29) is 60.6 Å². The number of allylic oxidation sites excluding steroid dienone is 3. The molecule has 0 saturated heterocycles. The van der Waals surface area contributed by atoms with Crippen molar-refractivity contribution in [2.75, 3.05) is 6.61 Å². The molecule has 0 unspecified atom stereocenters. The van der Waals surface area contributed by atoms with Crippen LogP contribution in [0.25, 0.3) is 0 Å². The van der Waals surface area contributed by atoms with E-state index in [2.05, 4.69) is 0 Å². The average Bonchev–Trinajstić information content (AvgIpc) is 2.14. The number of aliphatic hydroxyl groups is 1. The zero-order chi connectivity index (χ0) is 5.11. The van der Waals surface area contributed by atoms with Crippen molar-refractivity contribution in [3.63, 3.8) is 0 Å². The Bertz CT molecular complexity index is 124. The molecule has 1 nitrogen and oxygen atoms in total. The molecule has 0 fully saturated rings. The molecule has 1 aliphatic carbocycles. The van der Waals surface area contributed by atoms with E-state index in [0.29, 0.717) is 0 Å². The Balaban J connectivity index is -0.0000000612. The summed E-state index contributed by atoms with van der Waals surface area (Å²) >= 11 is 0. The molecule has 4 heteroatoms. The first kappa shape index (κ1) is 22.6. The molecule has 1 rings (SSSR count). The zero-order valence-electron chi connectivity index (χ0n) is 6.35. The van der Waals surface area contributed by atoms with Gasteiger partial charge in [0, 0.05) is 0 Å². The van der Waals surface area contributed by atoms with Gasteiger partial charge in [-0.25, -0.2) is 0 Å². The van der Waals surface area contributed by atoms with Crippen LogP contribution in [0.15, 0.2) is 23.8 Å². The molecule has 0 spiro atoms. The van der Waals surface area contributed by atoms with E-state index in [0.717, 1.165) is 12.0 Å². The van der Waals surface area contributed by atoms with Crippen molar-refractivity contribution in [1.82, 2.24) is 0 Å². The van der Waals surface area contributed by atoms with Gasteiger partial charge in [0.25, 0.3) is 0 Å². The van der Waals surface area contributed by atoms with Crippen molar-refractivity contribution < 1.29 is 51.6 Å². The normalized spacial score (nSPS) is 11.2. The van der Waals surface area contributed by atoms with E-state index in [1.807, 2.05) is 18.2 Å². The first-order valence-electron chi connectivity index (χ1n) is 2.39. The second kappa shape index (κ2) is 13.3. The van der Waals surface area contributed by atoms with Crippen LogP contribution in [0.4, 0.5) is 0 Å². The van der Waals surface area contributed by atoms with Gasteiger partial charge >= 0.3 is 21.7 Å². The largest absolute Gasteiger partial charge is 3.00 e. The fourth-order valence-electron chi connectivity index (χ4n) is 0.609. The van der Waals surface area contributed by atoms with Crippen molar-refractivity contribution >= 4 is 0 Å². The van der Waals surface area contributed by atoms with Crippen molar-refractivity contribution in [2.24, 2.45) is 0 Å². The van der Waals surface area contributed by atoms with Crippen molar-refractivity contribution in [3.8, 4) is 0 Å². The fraction of sp³-hybridized carbons (Fsp3) is 0.286. The summed E-state index contributed by atoms with van der Waals surface area (Å²) in [5, 5.41) is 8.46. The number of rotatable bonds is 1. The molecule has 0 aromatic heterocycles. The van der Waals surface area contributed by atoms with Crippen molar-refractivity contribution in [1.29, 1.82) is 0 Å². The topological polar surface area (TPSA) is 20.2 Å². The van der Waals surface area contributed by atoms with Gasteiger partial charge in [0.05, 0.1) is 6.61 Å². The van der Waals surface area contributed by atoms with Gasteiger partial charge in [-0.2, -0.15) is 0 Å². The van der Waals surface area contributed by atoms with E-state index >= 15 is 0 Å². The molecule has 0 amide bonds. The Morgan fingerprint density at radius 3 is 2.09 bits per heavy atom. The molecule has 1 aliphatic rings. The van der Waals surface area contributed by atoms with E-state index in [4.69, 9.17) is 5.11 Å². The maximum Gasteiger partial charge on any atom is 3.00 e. The third-order valence-corrected chi connectivity index (χ3v) is 1.05. The summed E-state index contributed by atoms with van der Waals surface area (Å²) in [5.74, 6) is 0.